The van der Waals surface area contributed by atoms with Crippen LogP contribution >= 0.6 is 0 Å². The average molecular weight is 827 g/mol. The Morgan fingerprint density at radius 2 is 0.950 bits per heavy atom. The van der Waals surface area contributed by atoms with Gasteiger partial charge in [-0.15, -0.1) is 0 Å². The molecule has 0 saturated carbocycles. The number of esters is 2. The molecule has 0 spiro atoms. The van der Waals surface area contributed by atoms with Gasteiger partial charge >= 0.3 is 36.3 Å². The Morgan fingerprint density at radius 3 is 1.28 bits per heavy atom. The van der Waals surface area contributed by atoms with Crippen LogP contribution in [0.3, 0.4) is 0 Å². The predicted octanol–water partition coefficient (Wildman–Crippen LogP) is 7.19. The van der Waals surface area contributed by atoms with Crippen LogP contribution in [-0.4, -0.2) is 98.8 Å². The topological polar surface area (TPSA) is 188 Å². The molecule has 0 fully saturated rings. The fourth-order valence-electron chi connectivity index (χ4n) is 5.06. The molecule has 16 heteroatoms. The number of amides is 4. The minimum Gasteiger partial charge on any atom is -0.465 e. The standard InChI is InChI=1S/C44H50N4O12/c1-43(2,3)59-39(51)45-33-19-11-15-29(23-33)27-47(7)41(53)57-21-13-17-31-25-36(38(50)56-10)32(26-35(31)37(49)55-9)18-14-22-58-42(54)48(8)28-30-16-12-20-34(24-30)46-40(52)60-44(4,5)6/h11-12,15-16,19-20,23-26H,21-22,27-28H2,1-10H3,(H,45,51)(H,46,52). The first-order chi connectivity index (χ1) is 28.2. The zero-order valence-electron chi connectivity index (χ0n) is 35.4. The number of anilines is 2. The van der Waals surface area contributed by atoms with Crippen molar-refractivity contribution in [2.24, 2.45) is 0 Å². The molecule has 0 bridgehead atoms. The second-order valence-electron chi connectivity index (χ2n) is 15.0. The third kappa shape index (κ3) is 16.0. The maximum Gasteiger partial charge on any atom is 0.412 e. The van der Waals surface area contributed by atoms with Crippen LogP contribution in [0.2, 0.25) is 0 Å². The fraction of sp³-hybridized carbons (Fsp3) is 0.364. The lowest BCUT2D eigenvalue weighted by Crippen LogP contribution is -2.28. The summed E-state index contributed by atoms with van der Waals surface area (Å²) < 4.78 is 31.0. The molecular weight excluding hydrogens is 776 g/mol. The molecule has 60 heavy (non-hydrogen) atoms. The molecule has 3 aromatic rings. The molecule has 3 rings (SSSR count). The third-order valence-corrected chi connectivity index (χ3v) is 7.56. The van der Waals surface area contributed by atoms with Gasteiger partial charge in [-0.1, -0.05) is 47.9 Å². The molecule has 3 aromatic carbocycles. The third-order valence-electron chi connectivity index (χ3n) is 7.56. The van der Waals surface area contributed by atoms with Crippen LogP contribution in [0.15, 0.2) is 60.7 Å². The number of hydrogen-bond donors (Lipinski definition) is 2. The summed E-state index contributed by atoms with van der Waals surface area (Å²) in [4.78, 5) is 77.9. The van der Waals surface area contributed by atoms with Gasteiger partial charge in [0.15, 0.2) is 13.2 Å². The van der Waals surface area contributed by atoms with Crippen LogP contribution < -0.4 is 10.6 Å². The molecule has 16 nitrogen and oxygen atoms in total. The Labute approximate surface area is 349 Å². The normalized spacial score (nSPS) is 10.6. The summed E-state index contributed by atoms with van der Waals surface area (Å²) in [5.74, 6) is 9.26. The quantitative estimate of drug-likeness (QED) is 0.119. The number of benzene rings is 3. The van der Waals surface area contributed by atoms with Crippen molar-refractivity contribution in [2.75, 3.05) is 52.2 Å². The van der Waals surface area contributed by atoms with E-state index in [1.165, 1.54) is 50.2 Å². The first kappa shape index (κ1) is 47.2. The van der Waals surface area contributed by atoms with Crippen molar-refractivity contribution in [1.29, 1.82) is 0 Å². The van der Waals surface area contributed by atoms with E-state index in [9.17, 15) is 28.8 Å². The van der Waals surface area contributed by atoms with Gasteiger partial charge in [-0.2, -0.15) is 0 Å². The van der Waals surface area contributed by atoms with E-state index < -0.39 is 47.5 Å². The van der Waals surface area contributed by atoms with Gasteiger partial charge in [-0.3, -0.25) is 10.6 Å². The van der Waals surface area contributed by atoms with Crippen LogP contribution in [0.5, 0.6) is 0 Å². The van der Waals surface area contributed by atoms with Crippen LogP contribution in [0.1, 0.15) is 84.5 Å². The zero-order valence-corrected chi connectivity index (χ0v) is 35.4. The summed E-state index contributed by atoms with van der Waals surface area (Å²) in [6.45, 7) is 10.1. The summed E-state index contributed by atoms with van der Waals surface area (Å²) in [5.41, 5.74) is 1.12. The van der Waals surface area contributed by atoms with Gasteiger partial charge < -0.3 is 38.2 Å². The van der Waals surface area contributed by atoms with E-state index in [-0.39, 0.29) is 48.6 Å². The summed E-state index contributed by atoms with van der Waals surface area (Å²) in [7, 11) is 5.39. The molecule has 0 aliphatic rings. The number of methoxy groups -OCH3 is 2. The summed E-state index contributed by atoms with van der Waals surface area (Å²) in [6.07, 6.45) is -2.62. The highest BCUT2D eigenvalue weighted by molar-refractivity contribution is 5.98. The summed E-state index contributed by atoms with van der Waals surface area (Å²) >= 11 is 0. The van der Waals surface area contributed by atoms with Crippen LogP contribution in [0.25, 0.3) is 0 Å². The SMILES string of the molecule is COC(=O)c1cc(C#CCOC(=O)N(C)Cc2cccc(NC(=O)OC(C)(C)C)c2)c(C(=O)OC)cc1C#CCOC(=O)N(C)Cc1cccc(NC(=O)OC(C)(C)C)c1. The zero-order chi connectivity index (χ0) is 44.6. The van der Waals surface area contributed by atoms with Crippen LogP contribution in [0.4, 0.5) is 30.6 Å². The molecule has 0 atom stereocenters. The van der Waals surface area contributed by atoms with Crippen molar-refractivity contribution in [2.45, 2.75) is 65.8 Å². The first-order valence-corrected chi connectivity index (χ1v) is 18.4. The Balaban J connectivity index is 1.66. The van der Waals surface area contributed by atoms with E-state index in [4.69, 9.17) is 28.4 Å². The number of nitrogens with zero attached hydrogens (tertiary/aromatic N) is 2. The van der Waals surface area contributed by atoms with E-state index >= 15 is 0 Å². The Bertz CT molecular complexity index is 2040. The molecule has 0 aliphatic carbocycles. The Morgan fingerprint density at radius 1 is 0.583 bits per heavy atom. The number of nitrogens with one attached hydrogen (secondary N) is 2. The lowest BCUT2D eigenvalue weighted by Gasteiger charge is -2.20. The van der Waals surface area contributed by atoms with E-state index in [0.29, 0.717) is 22.5 Å². The molecule has 0 radical (unpaired) electrons. The Hall–Kier alpha value is -7.20. The van der Waals surface area contributed by atoms with Gasteiger partial charge in [-0.05, 0) is 89.1 Å². The van der Waals surface area contributed by atoms with Gasteiger partial charge in [0.2, 0.25) is 0 Å². The van der Waals surface area contributed by atoms with Gasteiger partial charge in [-0.25, -0.2) is 28.8 Å². The molecule has 318 valence electrons. The Kier molecular flexibility index (Phi) is 16.9. The lowest BCUT2D eigenvalue weighted by molar-refractivity contribution is 0.0586. The molecule has 2 N–H and O–H groups in total. The number of rotatable bonds is 10. The van der Waals surface area contributed by atoms with Crippen molar-refractivity contribution >= 4 is 47.7 Å². The molecule has 4 amide bonds. The lowest BCUT2D eigenvalue weighted by atomic mass is 9.98. The van der Waals surface area contributed by atoms with Gasteiger partial charge in [0, 0.05) is 49.7 Å². The largest absolute Gasteiger partial charge is 0.465 e. The van der Waals surface area contributed by atoms with Crippen molar-refractivity contribution in [3.8, 4) is 23.7 Å². The maximum absolute atomic E-state index is 12.8. The van der Waals surface area contributed by atoms with Gasteiger partial charge in [0.1, 0.15) is 11.2 Å². The molecular formula is C44H50N4O12. The summed E-state index contributed by atoms with van der Waals surface area (Å²) in [5, 5.41) is 5.31. The highest BCUT2D eigenvalue weighted by Crippen LogP contribution is 2.20. The van der Waals surface area contributed by atoms with E-state index in [1.807, 2.05) is 0 Å². The van der Waals surface area contributed by atoms with Gasteiger partial charge in [0.25, 0.3) is 0 Å². The van der Waals surface area contributed by atoms with Crippen molar-refractivity contribution in [3.63, 3.8) is 0 Å². The predicted molar refractivity (Wildman–Crippen MR) is 221 cm³/mol. The molecule has 0 aromatic heterocycles. The highest BCUT2D eigenvalue weighted by Gasteiger charge is 2.21. The van der Waals surface area contributed by atoms with Crippen molar-refractivity contribution in [1.82, 2.24) is 9.80 Å². The minimum absolute atomic E-state index is 0.0367. The highest BCUT2D eigenvalue weighted by atomic mass is 16.6. The molecule has 0 saturated heterocycles. The molecule has 0 unspecified atom stereocenters. The van der Waals surface area contributed by atoms with Crippen molar-refractivity contribution in [3.05, 3.63) is 94.0 Å². The van der Waals surface area contributed by atoms with E-state index in [0.717, 1.165) is 0 Å². The molecule has 0 heterocycles. The van der Waals surface area contributed by atoms with E-state index in [1.54, 1.807) is 90.1 Å². The fourth-order valence-corrected chi connectivity index (χ4v) is 5.06. The minimum atomic E-state index is -0.780. The first-order valence-electron chi connectivity index (χ1n) is 18.4. The number of carbonyl (C=O) groups excluding carboxylic acids is 6. The second kappa shape index (κ2) is 21.5. The van der Waals surface area contributed by atoms with Crippen LogP contribution in [0, 0.1) is 23.7 Å². The maximum atomic E-state index is 12.8. The smallest absolute Gasteiger partial charge is 0.412 e. The van der Waals surface area contributed by atoms with Gasteiger partial charge in [0.05, 0.1) is 25.3 Å². The van der Waals surface area contributed by atoms with Crippen molar-refractivity contribution < 1.29 is 57.2 Å². The number of hydrogen-bond acceptors (Lipinski definition) is 12. The molecule has 0 aliphatic heterocycles. The monoisotopic (exact) mass is 826 g/mol. The average Bonchev–Trinajstić information content (AvgIpc) is 3.16. The van der Waals surface area contributed by atoms with E-state index in [2.05, 4.69) is 34.3 Å². The number of ether oxygens (including phenoxy) is 6. The number of carbonyl (C=O) groups is 6. The second-order valence-corrected chi connectivity index (χ2v) is 15.0. The van der Waals surface area contributed by atoms with Crippen LogP contribution in [-0.2, 0) is 41.5 Å². The summed E-state index contributed by atoms with van der Waals surface area (Å²) in [6, 6.07) is 16.3.